The molecule has 0 fully saturated rings. The molecule has 3 atom stereocenters. The van der Waals surface area contributed by atoms with Gasteiger partial charge in [-0.3, -0.25) is 0 Å². The molecule has 154 valence electrons. The van der Waals surface area contributed by atoms with Crippen molar-refractivity contribution >= 4 is 14.2 Å². The van der Waals surface area contributed by atoms with Crippen LogP contribution in [-0.4, -0.2) is 32.5 Å². The molecule has 0 bridgehead atoms. The average Bonchev–Trinajstić information content (AvgIpc) is 2.69. The second-order valence-corrected chi connectivity index (χ2v) is 14.0. The summed E-state index contributed by atoms with van der Waals surface area (Å²) in [6.07, 6.45) is 2.30. The van der Waals surface area contributed by atoms with E-state index in [1.54, 1.807) is 0 Å². The van der Waals surface area contributed by atoms with E-state index >= 15 is 0 Å². The summed E-state index contributed by atoms with van der Waals surface area (Å²) in [5, 5.41) is 0.111. The lowest BCUT2D eigenvalue weighted by Crippen LogP contribution is -2.53. The molecular weight excluding hydrogens is 374 g/mol. The van der Waals surface area contributed by atoms with Gasteiger partial charge in [0.2, 0.25) is 5.90 Å². The van der Waals surface area contributed by atoms with Crippen molar-refractivity contribution in [3.8, 4) is 0 Å². The predicted molar refractivity (Wildman–Crippen MR) is 124 cm³/mol. The minimum Gasteiger partial charge on any atom is -0.467 e. The first-order valence-corrected chi connectivity index (χ1v) is 13.3. The van der Waals surface area contributed by atoms with E-state index in [4.69, 9.17) is 14.2 Å². The van der Waals surface area contributed by atoms with Gasteiger partial charge in [-0.15, -0.1) is 0 Å². The van der Waals surface area contributed by atoms with Crippen molar-refractivity contribution in [3.05, 3.63) is 84.4 Å². The van der Waals surface area contributed by atoms with Crippen LogP contribution in [0.25, 0.3) is 0 Å². The molecule has 0 unspecified atom stereocenters. The van der Waals surface area contributed by atoms with Gasteiger partial charge in [-0.05, 0) is 48.3 Å². The molecule has 0 aliphatic carbocycles. The molecule has 0 saturated heterocycles. The Kier molecular flexibility index (Phi) is 6.44. The molecule has 4 heteroatoms. The van der Waals surface area contributed by atoms with Crippen LogP contribution in [0.3, 0.4) is 0 Å². The highest BCUT2D eigenvalue weighted by atomic mass is 28.4. The number of nitrogens with zero attached hydrogens (tertiary/aromatic N) is 1. The molecule has 3 rings (SSSR count). The molecule has 0 spiro atoms. The molecule has 29 heavy (non-hydrogen) atoms. The Morgan fingerprint density at radius 2 is 1.62 bits per heavy atom. The first-order chi connectivity index (χ1) is 13.7. The fourth-order valence-corrected chi connectivity index (χ4v) is 4.58. The molecule has 0 amide bonds. The largest absolute Gasteiger partial charge is 0.467 e. The van der Waals surface area contributed by atoms with Crippen LogP contribution in [0.15, 0.2) is 78.3 Å². The lowest BCUT2D eigenvalue weighted by molar-refractivity contribution is 0.0328. The van der Waals surface area contributed by atoms with Gasteiger partial charge in [0, 0.05) is 5.56 Å². The highest BCUT2D eigenvalue weighted by Gasteiger charge is 2.45. The first-order valence-electron chi connectivity index (χ1n) is 10.4. The maximum Gasteiger partial charge on any atom is 0.217 e. The monoisotopic (exact) mass is 407 g/mol. The second-order valence-electron chi connectivity index (χ2n) is 9.22. The summed E-state index contributed by atoms with van der Waals surface area (Å²) >= 11 is 0. The molecule has 0 saturated carbocycles. The van der Waals surface area contributed by atoms with Gasteiger partial charge in [-0.2, -0.15) is 0 Å². The van der Waals surface area contributed by atoms with E-state index < -0.39 is 8.32 Å². The minimum absolute atomic E-state index is 0.0292. The van der Waals surface area contributed by atoms with Crippen LogP contribution in [0.4, 0.5) is 0 Å². The van der Waals surface area contributed by atoms with E-state index in [0.717, 1.165) is 12.0 Å². The summed E-state index contributed by atoms with van der Waals surface area (Å²) in [4.78, 5) is 5.04. The Labute approximate surface area is 176 Å². The van der Waals surface area contributed by atoms with Crippen molar-refractivity contribution in [1.29, 1.82) is 0 Å². The Balaban J connectivity index is 1.99. The lowest BCUT2D eigenvalue weighted by Gasteiger charge is -2.44. The van der Waals surface area contributed by atoms with Gasteiger partial charge in [0.1, 0.15) is 12.2 Å². The van der Waals surface area contributed by atoms with Crippen molar-refractivity contribution in [2.75, 3.05) is 0 Å². The van der Waals surface area contributed by atoms with Crippen molar-refractivity contribution in [2.45, 2.75) is 63.6 Å². The molecule has 2 aromatic carbocycles. The van der Waals surface area contributed by atoms with Gasteiger partial charge in [0.15, 0.2) is 8.32 Å². The Morgan fingerprint density at radius 3 is 2.17 bits per heavy atom. The average molecular weight is 408 g/mol. The van der Waals surface area contributed by atoms with Gasteiger partial charge < -0.3 is 9.16 Å². The highest BCUT2D eigenvalue weighted by molar-refractivity contribution is 6.74. The van der Waals surface area contributed by atoms with Crippen molar-refractivity contribution in [2.24, 2.45) is 4.99 Å². The predicted octanol–water partition coefficient (Wildman–Crippen LogP) is 6.02. The van der Waals surface area contributed by atoms with Gasteiger partial charge in [0.05, 0.1) is 6.04 Å². The minimum atomic E-state index is -2.01. The van der Waals surface area contributed by atoms with Crippen molar-refractivity contribution < 1.29 is 9.16 Å². The lowest BCUT2D eigenvalue weighted by atomic mass is 9.96. The van der Waals surface area contributed by atoms with Gasteiger partial charge in [-0.1, -0.05) is 75.9 Å². The smallest absolute Gasteiger partial charge is 0.217 e. The van der Waals surface area contributed by atoms with Crippen LogP contribution in [0, 0.1) is 0 Å². The number of rotatable bonds is 6. The maximum atomic E-state index is 6.85. The summed E-state index contributed by atoms with van der Waals surface area (Å²) < 4.78 is 13.1. The zero-order chi connectivity index (χ0) is 21.1. The summed E-state index contributed by atoms with van der Waals surface area (Å²) in [5.41, 5.74) is 2.24. The molecule has 1 aliphatic heterocycles. The SMILES string of the molecule is C=C[C@@H]1OC(c2ccccc2)=N[C@@H](Cc2ccccc2)[C@H]1O[Si](C)(C)C(C)(C)C. The van der Waals surface area contributed by atoms with E-state index in [1.807, 2.05) is 42.5 Å². The van der Waals surface area contributed by atoms with Crippen molar-refractivity contribution in [3.63, 3.8) is 0 Å². The third-order valence-corrected chi connectivity index (χ3v) is 10.5. The molecular formula is C25H33NO2Si. The summed E-state index contributed by atoms with van der Waals surface area (Å²) in [6.45, 7) is 15.4. The number of ether oxygens (including phenoxy) is 1. The molecule has 1 aliphatic rings. The van der Waals surface area contributed by atoms with E-state index in [0.29, 0.717) is 5.90 Å². The van der Waals surface area contributed by atoms with Crippen LogP contribution < -0.4 is 0 Å². The van der Waals surface area contributed by atoms with E-state index in [9.17, 15) is 0 Å². The molecule has 0 aromatic heterocycles. The van der Waals surface area contributed by atoms with Crippen molar-refractivity contribution in [1.82, 2.24) is 0 Å². The quantitative estimate of drug-likeness (QED) is 0.433. The molecule has 1 heterocycles. The van der Waals surface area contributed by atoms with Crippen LogP contribution in [0.2, 0.25) is 18.1 Å². The number of benzene rings is 2. The number of hydrogen-bond acceptors (Lipinski definition) is 3. The topological polar surface area (TPSA) is 30.8 Å². The maximum absolute atomic E-state index is 6.85. The summed E-state index contributed by atoms with van der Waals surface area (Å²) in [7, 11) is -2.01. The third kappa shape index (κ3) is 5.06. The summed E-state index contributed by atoms with van der Waals surface area (Å²) in [6, 6.07) is 20.6. The van der Waals surface area contributed by atoms with Gasteiger partial charge >= 0.3 is 0 Å². The Hall–Kier alpha value is -2.17. The van der Waals surface area contributed by atoms with Crippen LogP contribution >= 0.6 is 0 Å². The van der Waals surface area contributed by atoms with Crippen LogP contribution in [0.5, 0.6) is 0 Å². The van der Waals surface area contributed by atoms with E-state index in [2.05, 4.69) is 64.7 Å². The number of hydrogen-bond donors (Lipinski definition) is 0. The standard InChI is InChI=1S/C25H33NO2Si/c1-7-22-23(28-29(5,6)25(2,3)4)21(18-19-14-10-8-11-15-19)26-24(27-22)20-16-12-9-13-17-20/h7-17,21-23H,1,18H2,2-6H3/t21-,22-,23+/m0/s1. The molecule has 3 nitrogen and oxygen atoms in total. The second kappa shape index (κ2) is 8.68. The zero-order valence-corrected chi connectivity index (χ0v) is 19.3. The fourth-order valence-electron chi connectivity index (χ4n) is 3.25. The molecule has 0 N–H and O–H groups in total. The fraction of sp³-hybridized carbons (Fsp3) is 0.400. The van der Waals surface area contributed by atoms with E-state index in [-0.39, 0.29) is 23.3 Å². The summed E-state index contributed by atoms with van der Waals surface area (Å²) in [5.74, 6) is 0.673. The highest BCUT2D eigenvalue weighted by Crippen LogP contribution is 2.39. The third-order valence-electron chi connectivity index (χ3n) is 6.01. The van der Waals surface area contributed by atoms with E-state index in [1.165, 1.54) is 5.56 Å². The van der Waals surface area contributed by atoms with Crippen LogP contribution in [0.1, 0.15) is 31.9 Å². The molecule has 0 radical (unpaired) electrons. The zero-order valence-electron chi connectivity index (χ0n) is 18.3. The Bertz CT molecular complexity index is 840. The van der Waals surface area contributed by atoms with Crippen LogP contribution in [-0.2, 0) is 15.6 Å². The molecule has 2 aromatic rings. The van der Waals surface area contributed by atoms with Gasteiger partial charge in [0.25, 0.3) is 0 Å². The number of aliphatic imine (C=N–C) groups is 1. The van der Waals surface area contributed by atoms with Gasteiger partial charge in [-0.25, -0.2) is 4.99 Å². The first kappa shape index (κ1) is 21.5. The Morgan fingerprint density at radius 1 is 1.03 bits per heavy atom. The normalized spacial score (nSPS) is 22.5.